The van der Waals surface area contributed by atoms with E-state index in [-0.39, 0.29) is 0 Å². The molecule has 5 nitrogen and oxygen atoms in total. The minimum Gasteiger partial charge on any atom is -0.468 e. The van der Waals surface area contributed by atoms with Crippen molar-refractivity contribution in [2.45, 2.75) is 38.1 Å². The molecule has 1 aliphatic rings. The molecule has 0 bridgehead atoms. The molecule has 1 atom stereocenters. The highest BCUT2D eigenvalue weighted by Crippen LogP contribution is 2.22. The zero-order valence-electron chi connectivity index (χ0n) is 11.4. The first-order chi connectivity index (χ1) is 9.20. The number of hydrogen-bond acceptors (Lipinski definition) is 5. The van der Waals surface area contributed by atoms with Crippen LogP contribution in [0.1, 0.15) is 31.4 Å². The van der Waals surface area contributed by atoms with Crippen molar-refractivity contribution in [2.75, 3.05) is 25.1 Å². The number of anilines is 1. The number of nitrogens with zero attached hydrogens (tertiary/aromatic N) is 1. The fourth-order valence-electron chi connectivity index (χ4n) is 2.39. The number of furan rings is 1. The molecule has 0 aliphatic carbocycles. The third-order valence-electron chi connectivity index (χ3n) is 3.49. The number of carbonyl (C=O) groups excluding carboxylic acids is 1. The van der Waals surface area contributed by atoms with Crippen LogP contribution in [0.25, 0.3) is 0 Å². The van der Waals surface area contributed by atoms with Gasteiger partial charge in [0.15, 0.2) is 5.88 Å². The second-order valence-electron chi connectivity index (χ2n) is 4.97. The van der Waals surface area contributed by atoms with Gasteiger partial charge in [0.05, 0.1) is 7.11 Å². The Morgan fingerprint density at radius 1 is 1.37 bits per heavy atom. The first-order valence-electron chi connectivity index (χ1n) is 6.88. The van der Waals surface area contributed by atoms with E-state index in [0.29, 0.717) is 6.42 Å². The smallest absolute Gasteiger partial charge is 0.323 e. The summed E-state index contributed by atoms with van der Waals surface area (Å²) in [6.45, 7) is 2.08. The lowest BCUT2D eigenvalue weighted by molar-refractivity contribution is -0.142. The van der Waals surface area contributed by atoms with Crippen LogP contribution in [0, 0.1) is 0 Å². The van der Waals surface area contributed by atoms with Crippen LogP contribution in [0.2, 0.25) is 0 Å². The predicted octanol–water partition coefficient (Wildman–Crippen LogP) is 1.70. The van der Waals surface area contributed by atoms with E-state index < -0.39 is 12.0 Å². The number of methoxy groups -OCH3 is 1. The largest absolute Gasteiger partial charge is 0.468 e. The van der Waals surface area contributed by atoms with E-state index >= 15 is 0 Å². The van der Waals surface area contributed by atoms with E-state index in [4.69, 9.17) is 10.2 Å². The Labute approximate surface area is 113 Å². The summed E-state index contributed by atoms with van der Waals surface area (Å²) in [5, 5.41) is 0. The summed E-state index contributed by atoms with van der Waals surface area (Å²) < 4.78 is 10.4. The Morgan fingerprint density at radius 3 is 2.68 bits per heavy atom. The lowest BCUT2D eigenvalue weighted by Crippen LogP contribution is -2.33. The summed E-state index contributed by atoms with van der Waals surface area (Å²) in [5.74, 6) is 1.21. The van der Waals surface area contributed by atoms with Gasteiger partial charge in [-0.15, -0.1) is 0 Å². The van der Waals surface area contributed by atoms with Gasteiger partial charge in [0, 0.05) is 25.6 Å². The van der Waals surface area contributed by atoms with Crippen molar-refractivity contribution in [3.05, 3.63) is 17.9 Å². The van der Waals surface area contributed by atoms with Gasteiger partial charge in [-0.25, -0.2) is 0 Å². The van der Waals surface area contributed by atoms with Gasteiger partial charge in [0.1, 0.15) is 11.8 Å². The lowest BCUT2D eigenvalue weighted by Gasteiger charge is -2.19. The minimum atomic E-state index is -0.659. The fourth-order valence-corrected chi connectivity index (χ4v) is 2.39. The SMILES string of the molecule is COC(=O)C(N)Cc1ccc(N2CCCCCC2)o1. The molecule has 0 spiro atoms. The van der Waals surface area contributed by atoms with Crippen LogP contribution < -0.4 is 10.6 Å². The van der Waals surface area contributed by atoms with E-state index in [9.17, 15) is 4.79 Å². The van der Waals surface area contributed by atoms with Gasteiger partial charge in [-0.1, -0.05) is 12.8 Å². The number of ether oxygens (including phenoxy) is 1. The molecule has 0 aromatic carbocycles. The molecule has 0 saturated carbocycles. The maximum Gasteiger partial charge on any atom is 0.323 e. The van der Waals surface area contributed by atoms with Gasteiger partial charge in [-0.05, 0) is 18.9 Å². The maximum absolute atomic E-state index is 11.3. The summed E-state index contributed by atoms with van der Waals surface area (Å²) >= 11 is 0. The summed E-state index contributed by atoms with van der Waals surface area (Å²) in [7, 11) is 1.34. The molecule has 2 rings (SSSR count). The third kappa shape index (κ3) is 3.73. The van der Waals surface area contributed by atoms with Gasteiger partial charge in [0.2, 0.25) is 0 Å². The zero-order chi connectivity index (χ0) is 13.7. The standard InChI is InChI=1S/C14H22N2O3/c1-18-14(17)12(15)10-11-6-7-13(19-11)16-8-4-2-3-5-9-16/h6-7,12H,2-5,8-10,15H2,1H3. The van der Waals surface area contributed by atoms with Crippen LogP contribution in [0.4, 0.5) is 5.88 Å². The van der Waals surface area contributed by atoms with Crippen molar-refractivity contribution >= 4 is 11.9 Å². The lowest BCUT2D eigenvalue weighted by atomic mass is 10.2. The van der Waals surface area contributed by atoms with Gasteiger partial charge in [-0.3, -0.25) is 4.79 Å². The van der Waals surface area contributed by atoms with E-state index in [0.717, 1.165) is 24.7 Å². The van der Waals surface area contributed by atoms with Gasteiger partial charge in [0.25, 0.3) is 0 Å². The highest BCUT2D eigenvalue weighted by molar-refractivity contribution is 5.75. The highest BCUT2D eigenvalue weighted by atomic mass is 16.5. The monoisotopic (exact) mass is 266 g/mol. The van der Waals surface area contributed by atoms with Gasteiger partial charge in [-0.2, -0.15) is 0 Å². The zero-order valence-corrected chi connectivity index (χ0v) is 11.4. The number of rotatable bonds is 4. The molecule has 1 aromatic rings. The first-order valence-corrected chi connectivity index (χ1v) is 6.88. The molecule has 19 heavy (non-hydrogen) atoms. The second-order valence-corrected chi connectivity index (χ2v) is 4.97. The first kappa shape index (κ1) is 13.9. The molecule has 0 amide bonds. The molecule has 0 radical (unpaired) electrons. The molecule has 1 saturated heterocycles. The van der Waals surface area contributed by atoms with E-state index in [1.807, 2.05) is 12.1 Å². The number of carbonyl (C=O) groups is 1. The van der Waals surface area contributed by atoms with Crippen LogP contribution in [-0.4, -0.2) is 32.2 Å². The van der Waals surface area contributed by atoms with Crippen LogP contribution in [-0.2, 0) is 16.0 Å². The molecule has 106 valence electrons. The van der Waals surface area contributed by atoms with Crippen LogP contribution in [0.15, 0.2) is 16.5 Å². The topological polar surface area (TPSA) is 68.7 Å². The Balaban J connectivity index is 1.96. The van der Waals surface area contributed by atoms with Crippen molar-refractivity contribution in [2.24, 2.45) is 5.73 Å². The molecule has 2 N–H and O–H groups in total. The molecule has 5 heteroatoms. The summed E-state index contributed by atoms with van der Waals surface area (Å²) in [6, 6.07) is 3.20. The normalized spacial score (nSPS) is 17.9. The van der Waals surface area contributed by atoms with Crippen LogP contribution >= 0.6 is 0 Å². The van der Waals surface area contributed by atoms with Crippen LogP contribution in [0.3, 0.4) is 0 Å². The average Bonchev–Trinajstić information content (AvgIpc) is 2.71. The Bertz CT molecular complexity index is 409. The predicted molar refractivity (Wildman–Crippen MR) is 73.1 cm³/mol. The van der Waals surface area contributed by atoms with Crippen LogP contribution in [0.5, 0.6) is 0 Å². The van der Waals surface area contributed by atoms with E-state index in [1.54, 1.807) is 0 Å². The van der Waals surface area contributed by atoms with Crippen molar-refractivity contribution in [1.29, 1.82) is 0 Å². The highest BCUT2D eigenvalue weighted by Gasteiger charge is 2.18. The Morgan fingerprint density at radius 2 is 2.05 bits per heavy atom. The summed E-state index contributed by atoms with van der Waals surface area (Å²) in [4.78, 5) is 13.5. The second kappa shape index (κ2) is 6.61. The molecule has 1 aliphatic heterocycles. The molecule has 1 aromatic heterocycles. The van der Waals surface area contributed by atoms with Gasteiger partial charge >= 0.3 is 5.97 Å². The number of esters is 1. The minimum absolute atomic E-state index is 0.376. The number of hydrogen-bond donors (Lipinski definition) is 1. The quantitative estimate of drug-likeness (QED) is 0.840. The molecular weight excluding hydrogens is 244 g/mol. The van der Waals surface area contributed by atoms with E-state index in [1.165, 1.54) is 32.8 Å². The summed E-state index contributed by atoms with van der Waals surface area (Å²) in [5.41, 5.74) is 5.72. The number of nitrogens with two attached hydrogens (primary N) is 1. The average molecular weight is 266 g/mol. The molecule has 1 unspecified atom stereocenters. The van der Waals surface area contributed by atoms with Gasteiger partial charge < -0.3 is 19.8 Å². The molecular formula is C14H22N2O3. The van der Waals surface area contributed by atoms with Crippen molar-refractivity contribution in [3.8, 4) is 0 Å². The van der Waals surface area contributed by atoms with Crippen molar-refractivity contribution in [1.82, 2.24) is 0 Å². The Kier molecular flexibility index (Phi) is 4.85. The third-order valence-corrected chi connectivity index (χ3v) is 3.49. The van der Waals surface area contributed by atoms with Crippen molar-refractivity contribution in [3.63, 3.8) is 0 Å². The summed E-state index contributed by atoms with van der Waals surface area (Å²) in [6.07, 6.45) is 5.37. The van der Waals surface area contributed by atoms with E-state index in [2.05, 4.69) is 9.64 Å². The molecule has 1 fully saturated rings. The molecule has 2 heterocycles. The fraction of sp³-hybridized carbons (Fsp3) is 0.643. The van der Waals surface area contributed by atoms with Crippen molar-refractivity contribution < 1.29 is 13.9 Å². The maximum atomic E-state index is 11.3. The Hall–Kier alpha value is -1.49.